The Morgan fingerprint density at radius 1 is 1.14 bits per heavy atom. The first-order valence-corrected chi connectivity index (χ1v) is 7.61. The van der Waals surface area contributed by atoms with Crippen molar-refractivity contribution in [1.82, 2.24) is 9.78 Å². The molecule has 0 bridgehead atoms. The highest BCUT2D eigenvalue weighted by Crippen LogP contribution is 2.17. The summed E-state index contributed by atoms with van der Waals surface area (Å²) >= 11 is 0. The van der Waals surface area contributed by atoms with E-state index >= 15 is 0 Å². The molecule has 1 N–H and O–H groups in total. The Morgan fingerprint density at radius 2 is 1.86 bits per heavy atom. The van der Waals surface area contributed by atoms with Gasteiger partial charge in [0.15, 0.2) is 0 Å². The second kappa shape index (κ2) is 6.44. The number of nitrogens with zero attached hydrogens (tertiary/aromatic N) is 2. The molecule has 3 nitrogen and oxygen atoms in total. The standard InChI is InChI=1S/C18H26N2O/c1-12-6-7-16(10-13(12)2)11-17(21)8-9-18-14(3)19-20(5)15(18)4/h6-7,10,17,21H,8-9,11H2,1-5H3. The van der Waals surface area contributed by atoms with Gasteiger partial charge in [0, 0.05) is 12.7 Å². The zero-order chi connectivity index (χ0) is 15.6. The highest BCUT2D eigenvalue weighted by Gasteiger charge is 2.12. The van der Waals surface area contributed by atoms with Crippen molar-refractivity contribution in [2.24, 2.45) is 7.05 Å². The van der Waals surface area contributed by atoms with Gasteiger partial charge in [-0.05, 0) is 69.2 Å². The Labute approximate surface area is 127 Å². The zero-order valence-electron chi connectivity index (χ0n) is 13.8. The Morgan fingerprint density at radius 3 is 2.43 bits per heavy atom. The first-order valence-electron chi connectivity index (χ1n) is 7.61. The van der Waals surface area contributed by atoms with Crippen molar-refractivity contribution in [1.29, 1.82) is 0 Å². The first kappa shape index (κ1) is 15.8. The van der Waals surface area contributed by atoms with E-state index < -0.39 is 0 Å². The Hall–Kier alpha value is -1.61. The second-order valence-corrected chi connectivity index (χ2v) is 6.09. The van der Waals surface area contributed by atoms with E-state index in [9.17, 15) is 5.11 Å². The molecular formula is C18H26N2O. The fourth-order valence-electron chi connectivity index (χ4n) is 2.79. The van der Waals surface area contributed by atoms with Crippen molar-refractivity contribution in [3.8, 4) is 0 Å². The molecule has 114 valence electrons. The van der Waals surface area contributed by atoms with Gasteiger partial charge in [0.05, 0.1) is 11.8 Å². The molecule has 0 amide bonds. The summed E-state index contributed by atoms with van der Waals surface area (Å²) in [7, 11) is 1.97. The Bertz CT molecular complexity index is 628. The van der Waals surface area contributed by atoms with Crippen LogP contribution in [0.3, 0.4) is 0 Å². The van der Waals surface area contributed by atoms with Gasteiger partial charge in [-0.1, -0.05) is 18.2 Å². The summed E-state index contributed by atoms with van der Waals surface area (Å²) in [5.41, 5.74) is 7.36. The lowest BCUT2D eigenvalue weighted by Gasteiger charge is -2.12. The molecule has 1 unspecified atom stereocenters. The van der Waals surface area contributed by atoms with Crippen molar-refractivity contribution in [2.75, 3.05) is 0 Å². The third kappa shape index (κ3) is 3.73. The van der Waals surface area contributed by atoms with E-state index in [1.54, 1.807) is 0 Å². The summed E-state index contributed by atoms with van der Waals surface area (Å²) in [4.78, 5) is 0. The molecule has 0 spiro atoms. The lowest BCUT2D eigenvalue weighted by Crippen LogP contribution is -2.12. The maximum Gasteiger partial charge on any atom is 0.0628 e. The van der Waals surface area contributed by atoms with E-state index in [0.29, 0.717) is 0 Å². The Kier molecular flexibility index (Phi) is 4.84. The van der Waals surface area contributed by atoms with Crippen LogP contribution in [-0.4, -0.2) is 21.0 Å². The molecule has 0 aliphatic heterocycles. The monoisotopic (exact) mass is 286 g/mol. The average Bonchev–Trinajstić information content (AvgIpc) is 2.66. The van der Waals surface area contributed by atoms with Gasteiger partial charge in [-0.2, -0.15) is 5.10 Å². The number of aryl methyl sites for hydroxylation is 4. The van der Waals surface area contributed by atoms with Crippen molar-refractivity contribution in [2.45, 2.75) is 53.1 Å². The first-order chi connectivity index (χ1) is 9.88. The predicted octanol–water partition coefficient (Wildman–Crippen LogP) is 3.19. The highest BCUT2D eigenvalue weighted by atomic mass is 16.3. The van der Waals surface area contributed by atoms with Crippen LogP contribution in [0.1, 0.15) is 40.1 Å². The minimum absolute atomic E-state index is 0.300. The largest absolute Gasteiger partial charge is 0.393 e. The molecule has 2 rings (SSSR count). The maximum absolute atomic E-state index is 10.3. The average molecular weight is 286 g/mol. The zero-order valence-corrected chi connectivity index (χ0v) is 13.8. The molecule has 0 radical (unpaired) electrons. The van der Waals surface area contributed by atoms with E-state index in [1.165, 1.54) is 27.9 Å². The quantitative estimate of drug-likeness (QED) is 0.916. The molecule has 0 aliphatic rings. The van der Waals surface area contributed by atoms with Crippen LogP contribution in [0, 0.1) is 27.7 Å². The molecule has 1 aromatic carbocycles. The minimum Gasteiger partial charge on any atom is -0.393 e. The van der Waals surface area contributed by atoms with E-state index in [2.05, 4.69) is 44.1 Å². The van der Waals surface area contributed by atoms with Gasteiger partial charge in [-0.25, -0.2) is 0 Å². The molecule has 1 aromatic heterocycles. The molecule has 1 heterocycles. The summed E-state index contributed by atoms with van der Waals surface area (Å²) < 4.78 is 1.92. The highest BCUT2D eigenvalue weighted by molar-refractivity contribution is 5.30. The predicted molar refractivity (Wildman–Crippen MR) is 86.6 cm³/mol. The van der Waals surface area contributed by atoms with Gasteiger partial charge in [-0.3, -0.25) is 4.68 Å². The molecule has 21 heavy (non-hydrogen) atoms. The summed E-state index contributed by atoms with van der Waals surface area (Å²) in [6, 6.07) is 6.43. The van der Waals surface area contributed by atoms with Crippen LogP contribution in [0.15, 0.2) is 18.2 Å². The van der Waals surface area contributed by atoms with Crippen LogP contribution in [0.25, 0.3) is 0 Å². The number of hydrogen-bond donors (Lipinski definition) is 1. The molecule has 3 heteroatoms. The van der Waals surface area contributed by atoms with Crippen LogP contribution >= 0.6 is 0 Å². The van der Waals surface area contributed by atoms with Gasteiger partial charge in [-0.15, -0.1) is 0 Å². The minimum atomic E-state index is -0.300. The molecule has 0 fully saturated rings. The molecule has 1 atom stereocenters. The van der Waals surface area contributed by atoms with Crippen LogP contribution in [0.2, 0.25) is 0 Å². The van der Waals surface area contributed by atoms with E-state index in [1.807, 2.05) is 18.7 Å². The Balaban J connectivity index is 1.95. The van der Waals surface area contributed by atoms with Crippen molar-refractivity contribution in [3.05, 3.63) is 51.8 Å². The fraction of sp³-hybridized carbons (Fsp3) is 0.500. The molecule has 0 saturated carbocycles. The molecule has 2 aromatic rings. The van der Waals surface area contributed by atoms with Gasteiger partial charge in [0.2, 0.25) is 0 Å². The van der Waals surface area contributed by atoms with Gasteiger partial charge < -0.3 is 5.11 Å². The van der Waals surface area contributed by atoms with Crippen LogP contribution < -0.4 is 0 Å². The smallest absolute Gasteiger partial charge is 0.0628 e. The van der Waals surface area contributed by atoms with Gasteiger partial charge in [0.25, 0.3) is 0 Å². The number of benzene rings is 1. The number of rotatable bonds is 5. The number of aliphatic hydroxyl groups is 1. The van der Waals surface area contributed by atoms with Crippen molar-refractivity contribution >= 4 is 0 Å². The summed E-state index contributed by atoms with van der Waals surface area (Å²) in [5.74, 6) is 0. The maximum atomic E-state index is 10.3. The normalized spacial score (nSPS) is 12.7. The summed E-state index contributed by atoms with van der Waals surface area (Å²) in [5, 5.41) is 14.7. The van der Waals surface area contributed by atoms with E-state index in [-0.39, 0.29) is 6.10 Å². The van der Waals surface area contributed by atoms with Crippen LogP contribution in [-0.2, 0) is 19.9 Å². The molecule has 0 aliphatic carbocycles. The summed E-state index contributed by atoms with van der Waals surface area (Å²) in [6.07, 6.45) is 2.09. The van der Waals surface area contributed by atoms with Gasteiger partial charge >= 0.3 is 0 Å². The van der Waals surface area contributed by atoms with E-state index in [0.717, 1.165) is 25.0 Å². The molecular weight excluding hydrogens is 260 g/mol. The SMILES string of the molecule is Cc1ccc(CC(O)CCc2c(C)nn(C)c2C)cc1C. The number of aromatic nitrogens is 2. The van der Waals surface area contributed by atoms with E-state index in [4.69, 9.17) is 0 Å². The lowest BCUT2D eigenvalue weighted by molar-refractivity contribution is 0.165. The lowest BCUT2D eigenvalue weighted by atomic mass is 9.98. The van der Waals surface area contributed by atoms with Crippen molar-refractivity contribution < 1.29 is 5.11 Å². The van der Waals surface area contributed by atoms with Gasteiger partial charge in [0.1, 0.15) is 0 Å². The fourth-order valence-corrected chi connectivity index (χ4v) is 2.79. The number of hydrogen-bond acceptors (Lipinski definition) is 2. The third-order valence-corrected chi connectivity index (χ3v) is 4.43. The van der Waals surface area contributed by atoms with Crippen molar-refractivity contribution in [3.63, 3.8) is 0 Å². The second-order valence-electron chi connectivity index (χ2n) is 6.09. The van der Waals surface area contributed by atoms with Crippen LogP contribution in [0.5, 0.6) is 0 Å². The number of aliphatic hydroxyl groups excluding tert-OH is 1. The topological polar surface area (TPSA) is 38.1 Å². The summed E-state index contributed by atoms with van der Waals surface area (Å²) in [6.45, 7) is 8.36. The third-order valence-electron chi connectivity index (χ3n) is 4.43. The van der Waals surface area contributed by atoms with Crippen LogP contribution in [0.4, 0.5) is 0 Å². The molecule has 0 saturated heterocycles.